The second-order valence-corrected chi connectivity index (χ2v) is 14.8. The van der Waals surface area contributed by atoms with Crippen molar-refractivity contribution in [3.05, 3.63) is 82.2 Å². The van der Waals surface area contributed by atoms with E-state index in [2.05, 4.69) is 17.0 Å². The number of ether oxygens (including phenoxy) is 1. The molecule has 2 heterocycles. The number of aromatic hydroxyl groups is 1. The SMILES string of the molecule is NC(N)c1cccc(C2(C3=C4CN(COc5cc(CCC(=O)C[C@H](O)C[C@H](O)CCC6CCCCC6)ccc5O)C=C4N=C3)CCCC2)c1. The number of carbonyl (C=O) groups excluding carboxylic acids is 1. The van der Waals surface area contributed by atoms with Crippen molar-refractivity contribution in [3.8, 4) is 11.5 Å². The van der Waals surface area contributed by atoms with Gasteiger partial charge in [0.25, 0.3) is 0 Å². The van der Waals surface area contributed by atoms with Gasteiger partial charge in [-0.1, -0.05) is 75.3 Å². The number of nitrogens with zero attached hydrogens (tertiary/aromatic N) is 2. The second kappa shape index (κ2) is 16.0. The van der Waals surface area contributed by atoms with E-state index < -0.39 is 18.4 Å². The lowest BCUT2D eigenvalue weighted by atomic mass is 9.71. The first-order chi connectivity index (χ1) is 23.7. The normalized spacial score (nSPS) is 20.2. The summed E-state index contributed by atoms with van der Waals surface area (Å²) in [5.74, 6) is 1.05. The van der Waals surface area contributed by atoms with Gasteiger partial charge in [0.15, 0.2) is 18.2 Å². The van der Waals surface area contributed by atoms with Gasteiger partial charge in [-0.25, -0.2) is 0 Å². The predicted molar refractivity (Wildman–Crippen MR) is 192 cm³/mol. The third-order valence-corrected chi connectivity index (χ3v) is 11.2. The van der Waals surface area contributed by atoms with Gasteiger partial charge in [-0.3, -0.25) is 9.79 Å². The summed E-state index contributed by atoms with van der Waals surface area (Å²) in [7, 11) is 0. The lowest BCUT2D eigenvalue weighted by Crippen LogP contribution is -2.29. The Hall–Kier alpha value is -3.50. The van der Waals surface area contributed by atoms with Gasteiger partial charge >= 0.3 is 0 Å². The molecule has 0 amide bonds. The molecule has 0 saturated heterocycles. The number of rotatable bonds is 16. The first kappa shape index (κ1) is 35.3. The van der Waals surface area contributed by atoms with Gasteiger partial charge < -0.3 is 36.4 Å². The Morgan fingerprint density at radius 1 is 1.02 bits per heavy atom. The first-order valence-electron chi connectivity index (χ1n) is 18.4. The number of fused-ring (bicyclic) bond motifs is 1. The molecule has 0 spiro atoms. The molecule has 9 nitrogen and oxygen atoms in total. The number of phenols is 1. The van der Waals surface area contributed by atoms with Crippen molar-refractivity contribution in [2.24, 2.45) is 22.4 Å². The lowest BCUT2D eigenvalue weighted by Gasteiger charge is -2.32. The molecule has 2 aliphatic heterocycles. The summed E-state index contributed by atoms with van der Waals surface area (Å²) in [5.41, 5.74) is 18.4. The molecule has 2 aliphatic carbocycles. The van der Waals surface area contributed by atoms with Crippen LogP contribution in [0, 0.1) is 5.92 Å². The molecule has 49 heavy (non-hydrogen) atoms. The van der Waals surface area contributed by atoms with E-state index in [1.165, 1.54) is 48.8 Å². The monoisotopic (exact) mass is 670 g/mol. The topological polar surface area (TPSA) is 155 Å². The Kier molecular flexibility index (Phi) is 11.6. The van der Waals surface area contributed by atoms with Crippen LogP contribution in [0.5, 0.6) is 11.5 Å². The summed E-state index contributed by atoms with van der Waals surface area (Å²) in [4.78, 5) is 19.5. The van der Waals surface area contributed by atoms with E-state index in [4.69, 9.17) is 21.2 Å². The maximum absolute atomic E-state index is 12.7. The zero-order valence-corrected chi connectivity index (χ0v) is 28.7. The summed E-state index contributed by atoms with van der Waals surface area (Å²) in [6.45, 7) is 0.903. The minimum atomic E-state index is -0.834. The standard InChI is InChI=1S/C40H54N4O5/c41-39(42)29-9-6-10-30(20-29)40(17-4-5-18-40)35-23-43-36-25-44(24-34(35)36)26-49-38-19-28(13-16-37(38)48)12-15-32(46)22-33(47)21-31(45)14-11-27-7-2-1-3-8-27/h6,9-10,13,16,19-20,23,25,27,31,33,39,45,47-48H,1-5,7-8,11-12,14-15,17-18,21-22,24,26,41-42H2/t31-,33-/m1/s1. The fraction of sp³-hybridized carbons (Fsp3) is 0.550. The van der Waals surface area contributed by atoms with E-state index in [0.29, 0.717) is 31.1 Å². The molecule has 0 aromatic heterocycles. The van der Waals surface area contributed by atoms with Gasteiger partial charge in [0.1, 0.15) is 5.78 Å². The van der Waals surface area contributed by atoms with E-state index in [-0.39, 0.29) is 42.9 Å². The lowest BCUT2D eigenvalue weighted by molar-refractivity contribution is -0.121. The van der Waals surface area contributed by atoms with Crippen molar-refractivity contribution < 1.29 is 24.9 Å². The largest absolute Gasteiger partial charge is 0.504 e. The summed E-state index contributed by atoms with van der Waals surface area (Å²) in [6, 6.07) is 13.5. The van der Waals surface area contributed by atoms with Crippen LogP contribution in [-0.2, 0) is 16.6 Å². The van der Waals surface area contributed by atoms with Crippen molar-refractivity contribution in [1.29, 1.82) is 0 Å². The van der Waals surface area contributed by atoms with Crippen molar-refractivity contribution in [1.82, 2.24) is 4.90 Å². The zero-order chi connectivity index (χ0) is 34.4. The highest BCUT2D eigenvalue weighted by Gasteiger charge is 2.43. The van der Waals surface area contributed by atoms with Crippen molar-refractivity contribution in [3.63, 3.8) is 0 Å². The van der Waals surface area contributed by atoms with Crippen LogP contribution in [0.1, 0.15) is 113 Å². The minimum Gasteiger partial charge on any atom is -0.504 e. The molecule has 2 saturated carbocycles. The number of hydrogen-bond acceptors (Lipinski definition) is 9. The number of hydrogen-bond donors (Lipinski definition) is 5. The predicted octanol–water partition coefficient (Wildman–Crippen LogP) is 6.06. The summed E-state index contributed by atoms with van der Waals surface area (Å²) in [5, 5.41) is 31.4. The molecule has 4 aliphatic rings. The zero-order valence-electron chi connectivity index (χ0n) is 28.7. The summed E-state index contributed by atoms with van der Waals surface area (Å²) >= 11 is 0. The van der Waals surface area contributed by atoms with E-state index in [1.54, 1.807) is 18.2 Å². The van der Waals surface area contributed by atoms with Gasteiger partial charge in [0.05, 0.1) is 24.1 Å². The number of phenolic OH excluding ortho intramolecular Hbond substituents is 1. The highest BCUT2D eigenvalue weighted by molar-refractivity contribution is 5.90. The molecular weight excluding hydrogens is 616 g/mol. The molecular formula is C40H54N4O5. The Morgan fingerprint density at radius 2 is 1.82 bits per heavy atom. The number of aliphatic hydroxyl groups is 2. The third-order valence-electron chi connectivity index (χ3n) is 11.2. The average molecular weight is 671 g/mol. The van der Waals surface area contributed by atoms with E-state index in [0.717, 1.165) is 48.9 Å². The molecule has 2 atom stereocenters. The molecule has 0 unspecified atom stereocenters. The first-order valence-corrected chi connectivity index (χ1v) is 18.4. The van der Waals surface area contributed by atoms with Crippen LogP contribution in [-0.4, -0.2) is 57.7 Å². The molecule has 2 fully saturated rings. The second-order valence-electron chi connectivity index (χ2n) is 14.8. The highest BCUT2D eigenvalue weighted by atomic mass is 16.5. The molecule has 0 radical (unpaired) electrons. The van der Waals surface area contributed by atoms with E-state index in [9.17, 15) is 20.1 Å². The molecule has 6 rings (SSSR count). The van der Waals surface area contributed by atoms with E-state index in [1.807, 2.05) is 24.5 Å². The smallest absolute Gasteiger partial charge is 0.163 e. The Bertz CT molecular complexity index is 1550. The van der Waals surface area contributed by atoms with Crippen molar-refractivity contribution in [2.45, 2.75) is 120 Å². The van der Waals surface area contributed by atoms with Gasteiger partial charge in [-0.15, -0.1) is 0 Å². The maximum Gasteiger partial charge on any atom is 0.163 e. The van der Waals surface area contributed by atoms with Gasteiger partial charge in [0, 0.05) is 42.8 Å². The molecule has 264 valence electrons. The minimum absolute atomic E-state index is 0.0408. The fourth-order valence-corrected chi connectivity index (χ4v) is 8.41. The average Bonchev–Trinajstić information content (AvgIpc) is 3.84. The van der Waals surface area contributed by atoms with Crippen LogP contribution in [0.4, 0.5) is 0 Å². The van der Waals surface area contributed by atoms with Crippen LogP contribution >= 0.6 is 0 Å². The number of aliphatic hydroxyl groups excluding tert-OH is 2. The van der Waals surface area contributed by atoms with Gasteiger partial charge in [-0.2, -0.15) is 0 Å². The van der Waals surface area contributed by atoms with Gasteiger partial charge in [0.2, 0.25) is 0 Å². The van der Waals surface area contributed by atoms with Crippen LogP contribution in [0.3, 0.4) is 0 Å². The van der Waals surface area contributed by atoms with Crippen LogP contribution in [0.2, 0.25) is 0 Å². The van der Waals surface area contributed by atoms with Crippen molar-refractivity contribution in [2.75, 3.05) is 13.3 Å². The van der Waals surface area contributed by atoms with E-state index >= 15 is 0 Å². The number of aliphatic imine (C=N–C) groups is 1. The number of aryl methyl sites for hydroxylation is 1. The number of ketones is 1. The van der Waals surface area contributed by atoms with Gasteiger partial charge in [-0.05, 0) is 78.8 Å². The maximum atomic E-state index is 12.7. The summed E-state index contributed by atoms with van der Waals surface area (Å²) < 4.78 is 6.10. The molecule has 0 bridgehead atoms. The van der Waals surface area contributed by atoms with Crippen LogP contribution < -0.4 is 16.2 Å². The Balaban J connectivity index is 1.00. The molecule has 2 aromatic carbocycles. The third kappa shape index (κ3) is 8.63. The fourth-order valence-electron chi connectivity index (χ4n) is 8.41. The highest BCUT2D eigenvalue weighted by Crippen LogP contribution is 2.50. The summed E-state index contributed by atoms with van der Waals surface area (Å²) in [6.07, 6.45) is 15.6. The van der Waals surface area contributed by atoms with Crippen LogP contribution in [0.25, 0.3) is 0 Å². The Morgan fingerprint density at radius 3 is 2.59 bits per heavy atom. The number of Topliss-reactive ketones (excluding diaryl/α,β-unsaturated/α-hetero) is 1. The number of benzene rings is 2. The number of allylic oxidation sites excluding steroid dienone is 1. The number of nitrogens with two attached hydrogens (primary N) is 2. The Labute approximate surface area is 290 Å². The van der Waals surface area contributed by atoms with Crippen molar-refractivity contribution >= 4 is 12.0 Å². The number of carbonyl (C=O) groups is 1. The quantitative estimate of drug-likeness (QED) is 0.135. The molecule has 2 aromatic rings. The molecule has 7 N–H and O–H groups in total. The molecule has 9 heteroatoms. The van der Waals surface area contributed by atoms with Crippen LogP contribution in [0.15, 0.2) is 70.5 Å².